The van der Waals surface area contributed by atoms with Crippen LogP contribution in [-0.4, -0.2) is 36.7 Å². The molecule has 1 rings (SSSR count). The van der Waals surface area contributed by atoms with Crippen molar-refractivity contribution in [2.45, 2.75) is 32.9 Å². The van der Waals surface area contributed by atoms with Crippen molar-refractivity contribution in [1.82, 2.24) is 10.2 Å². The first-order valence-electron chi connectivity index (χ1n) is 5.29. The molecule has 1 heterocycles. The highest BCUT2D eigenvalue weighted by atomic mass is 19.4. The average molecular weight is 238 g/mol. The van der Waals surface area contributed by atoms with Crippen LogP contribution in [0.5, 0.6) is 0 Å². The van der Waals surface area contributed by atoms with Crippen LogP contribution >= 0.6 is 0 Å². The lowest BCUT2D eigenvalue weighted by molar-refractivity contribution is -0.123. The number of nitrogens with one attached hydrogen (secondary N) is 1. The van der Waals surface area contributed by atoms with Crippen LogP contribution in [0.1, 0.15) is 26.7 Å². The van der Waals surface area contributed by atoms with Gasteiger partial charge in [0, 0.05) is 13.1 Å². The Kier molecular flexibility index (Phi) is 3.70. The summed E-state index contributed by atoms with van der Waals surface area (Å²) in [5, 5.41) is 1.89. The quantitative estimate of drug-likeness (QED) is 0.747. The first-order valence-corrected chi connectivity index (χ1v) is 5.29. The highest BCUT2D eigenvalue weighted by Gasteiger charge is 2.32. The minimum absolute atomic E-state index is 0.00613. The zero-order valence-electron chi connectivity index (χ0n) is 9.52. The summed E-state index contributed by atoms with van der Waals surface area (Å²) in [6, 6.07) is -0.620. The summed E-state index contributed by atoms with van der Waals surface area (Å²) in [5.41, 5.74) is -0.00613. The van der Waals surface area contributed by atoms with Crippen molar-refractivity contribution < 1.29 is 18.0 Å². The maximum Gasteiger partial charge on any atom is 0.405 e. The van der Waals surface area contributed by atoms with Crippen molar-refractivity contribution in [2.24, 2.45) is 5.41 Å². The third-order valence-corrected chi connectivity index (χ3v) is 2.63. The number of nitrogens with zero attached hydrogens (tertiary/aromatic N) is 1. The van der Waals surface area contributed by atoms with E-state index in [1.54, 1.807) is 0 Å². The van der Waals surface area contributed by atoms with Gasteiger partial charge in [-0.05, 0) is 18.3 Å². The van der Waals surface area contributed by atoms with Gasteiger partial charge in [-0.15, -0.1) is 0 Å². The zero-order chi connectivity index (χ0) is 12.4. The molecule has 0 radical (unpaired) electrons. The fourth-order valence-corrected chi connectivity index (χ4v) is 1.88. The molecule has 0 aromatic heterocycles. The molecular formula is C10H17F3N2O. The minimum Gasteiger partial charge on any atom is -0.329 e. The second-order valence-corrected chi connectivity index (χ2v) is 4.96. The van der Waals surface area contributed by atoms with Gasteiger partial charge in [-0.2, -0.15) is 13.2 Å². The van der Waals surface area contributed by atoms with Gasteiger partial charge in [-0.1, -0.05) is 13.8 Å². The Bertz CT molecular complexity index is 263. The van der Waals surface area contributed by atoms with E-state index in [-0.39, 0.29) is 5.41 Å². The van der Waals surface area contributed by atoms with Gasteiger partial charge in [0.25, 0.3) is 0 Å². The van der Waals surface area contributed by atoms with E-state index in [0.29, 0.717) is 13.1 Å². The maximum atomic E-state index is 11.9. The molecule has 0 bridgehead atoms. The Morgan fingerprint density at radius 2 is 2.06 bits per heavy atom. The van der Waals surface area contributed by atoms with E-state index in [4.69, 9.17) is 0 Å². The number of halogens is 3. The van der Waals surface area contributed by atoms with Crippen LogP contribution in [0.25, 0.3) is 0 Å². The van der Waals surface area contributed by atoms with Crippen LogP contribution in [0.2, 0.25) is 0 Å². The average Bonchev–Trinajstić information content (AvgIpc) is 2.11. The van der Waals surface area contributed by atoms with Gasteiger partial charge in [0.2, 0.25) is 0 Å². The van der Waals surface area contributed by atoms with Crippen LogP contribution in [0, 0.1) is 5.41 Å². The van der Waals surface area contributed by atoms with Gasteiger partial charge in [0.05, 0.1) is 0 Å². The van der Waals surface area contributed by atoms with E-state index in [0.717, 1.165) is 12.8 Å². The molecule has 1 N–H and O–H groups in total. The smallest absolute Gasteiger partial charge is 0.329 e. The van der Waals surface area contributed by atoms with E-state index in [1.807, 2.05) is 19.2 Å². The number of hydrogen-bond acceptors (Lipinski definition) is 1. The molecule has 6 heteroatoms. The SMILES string of the molecule is CC1(C)CCCN(C(=O)NCC(F)(F)F)C1. The van der Waals surface area contributed by atoms with E-state index in [1.165, 1.54) is 4.90 Å². The largest absolute Gasteiger partial charge is 0.405 e. The third-order valence-electron chi connectivity index (χ3n) is 2.63. The highest BCUT2D eigenvalue weighted by molar-refractivity contribution is 5.74. The van der Waals surface area contributed by atoms with Crippen LogP contribution in [0.4, 0.5) is 18.0 Å². The number of hydrogen-bond donors (Lipinski definition) is 1. The number of piperidine rings is 1. The first kappa shape index (κ1) is 13.1. The molecule has 1 saturated heterocycles. The van der Waals surface area contributed by atoms with Gasteiger partial charge < -0.3 is 10.2 Å². The van der Waals surface area contributed by atoms with Crippen LogP contribution in [0.15, 0.2) is 0 Å². The van der Waals surface area contributed by atoms with Crippen molar-refractivity contribution >= 4 is 6.03 Å². The van der Waals surface area contributed by atoms with Crippen molar-refractivity contribution in [3.63, 3.8) is 0 Å². The summed E-state index contributed by atoms with van der Waals surface area (Å²) in [7, 11) is 0. The molecule has 16 heavy (non-hydrogen) atoms. The standard InChI is InChI=1S/C10H17F3N2O/c1-9(2)4-3-5-15(7-9)8(16)14-6-10(11,12)13/h3-7H2,1-2H3,(H,14,16). The Morgan fingerprint density at radius 3 is 2.56 bits per heavy atom. The van der Waals surface area contributed by atoms with Crippen molar-refractivity contribution in [2.75, 3.05) is 19.6 Å². The van der Waals surface area contributed by atoms with Crippen molar-refractivity contribution in [3.8, 4) is 0 Å². The normalized spacial score (nSPS) is 20.7. The molecule has 2 amide bonds. The molecular weight excluding hydrogens is 221 g/mol. The molecule has 0 aliphatic carbocycles. The summed E-state index contributed by atoms with van der Waals surface area (Å²) in [6.45, 7) is 3.80. The maximum absolute atomic E-state index is 11.9. The molecule has 0 unspecified atom stereocenters. The topological polar surface area (TPSA) is 32.3 Å². The lowest BCUT2D eigenvalue weighted by Gasteiger charge is -2.37. The van der Waals surface area contributed by atoms with E-state index >= 15 is 0 Å². The summed E-state index contributed by atoms with van der Waals surface area (Å²) in [4.78, 5) is 12.9. The minimum atomic E-state index is -4.35. The van der Waals surface area contributed by atoms with Crippen LogP contribution in [-0.2, 0) is 0 Å². The predicted molar refractivity (Wildman–Crippen MR) is 54.0 cm³/mol. The first-order chi connectivity index (χ1) is 7.20. The fraction of sp³-hybridized carbons (Fsp3) is 0.900. The van der Waals surface area contributed by atoms with Gasteiger partial charge >= 0.3 is 12.2 Å². The van der Waals surface area contributed by atoms with E-state index in [9.17, 15) is 18.0 Å². The zero-order valence-corrected chi connectivity index (χ0v) is 9.52. The predicted octanol–water partition coefficient (Wildman–Crippen LogP) is 2.38. The van der Waals surface area contributed by atoms with Gasteiger partial charge in [-0.3, -0.25) is 0 Å². The highest BCUT2D eigenvalue weighted by Crippen LogP contribution is 2.28. The number of rotatable bonds is 1. The van der Waals surface area contributed by atoms with Gasteiger partial charge in [0.15, 0.2) is 0 Å². The second kappa shape index (κ2) is 4.51. The van der Waals surface area contributed by atoms with Crippen LogP contribution in [0.3, 0.4) is 0 Å². The number of carbonyl (C=O) groups is 1. The Balaban J connectivity index is 2.42. The molecule has 0 atom stereocenters. The lowest BCUT2D eigenvalue weighted by atomic mass is 9.84. The molecule has 0 aromatic carbocycles. The van der Waals surface area contributed by atoms with E-state index < -0.39 is 18.8 Å². The summed E-state index contributed by atoms with van der Waals surface area (Å²) >= 11 is 0. The lowest BCUT2D eigenvalue weighted by Crippen LogP contribution is -2.49. The number of amides is 2. The number of carbonyl (C=O) groups excluding carboxylic acids is 1. The van der Waals surface area contributed by atoms with Gasteiger partial charge in [0.1, 0.15) is 6.54 Å². The summed E-state index contributed by atoms with van der Waals surface area (Å²) in [6.07, 6.45) is -2.51. The Hall–Kier alpha value is -0.940. The Morgan fingerprint density at radius 1 is 1.44 bits per heavy atom. The monoisotopic (exact) mass is 238 g/mol. The van der Waals surface area contributed by atoms with Crippen molar-refractivity contribution in [1.29, 1.82) is 0 Å². The third kappa shape index (κ3) is 4.28. The fourth-order valence-electron chi connectivity index (χ4n) is 1.88. The van der Waals surface area contributed by atoms with E-state index in [2.05, 4.69) is 0 Å². The molecule has 3 nitrogen and oxygen atoms in total. The molecule has 0 spiro atoms. The summed E-state index contributed by atoms with van der Waals surface area (Å²) in [5.74, 6) is 0. The molecule has 1 aliphatic rings. The number of likely N-dealkylation sites (tertiary alicyclic amines) is 1. The Labute approximate surface area is 93.0 Å². The number of alkyl halides is 3. The second-order valence-electron chi connectivity index (χ2n) is 4.96. The molecule has 1 aliphatic heterocycles. The van der Waals surface area contributed by atoms with Crippen LogP contribution < -0.4 is 5.32 Å². The molecule has 0 aromatic rings. The molecule has 0 saturated carbocycles. The van der Waals surface area contributed by atoms with Gasteiger partial charge in [-0.25, -0.2) is 4.79 Å². The molecule has 94 valence electrons. The molecule has 1 fully saturated rings. The van der Waals surface area contributed by atoms with Crippen molar-refractivity contribution in [3.05, 3.63) is 0 Å². The number of urea groups is 1. The summed E-state index contributed by atoms with van der Waals surface area (Å²) < 4.78 is 35.7.